The minimum absolute atomic E-state index is 0.117. The van der Waals surface area contributed by atoms with E-state index in [0.29, 0.717) is 12.8 Å². The van der Waals surface area contributed by atoms with Gasteiger partial charge in [0.1, 0.15) is 24.4 Å². The number of rotatable bonds is 56. The van der Waals surface area contributed by atoms with Gasteiger partial charge in [0, 0.05) is 6.42 Å². The van der Waals surface area contributed by atoms with Gasteiger partial charge in [-0.05, 0) is 96.3 Å². The van der Waals surface area contributed by atoms with Crippen molar-refractivity contribution in [1.29, 1.82) is 0 Å². The van der Waals surface area contributed by atoms with Gasteiger partial charge in [-0.1, -0.05) is 261 Å². The Morgan fingerprint density at radius 1 is 0.487 bits per heavy atom. The fourth-order valence-electron chi connectivity index (χ4n) is 10.0. The van der Waals surface area contributed by atoms with E-state index in [4.69, 9.17) is 14.2 Å². The molecule has 1 amide bonds. The predicted molar refractivity (Wildman–Crippen MR) is 333 cm³/mol. The minimum Gasteiger partial charge on any atom is -0.454 e. The minimum atomic E-state index is -1.62. The molecule has 1 saturated heterocycles. The molecule has 0 aromatic carbocycles. The number of carbonyl (C=O) groups excluding carboxylic acids is 2. The van der Waals surface area contributed by atoms with Crippen molar-refractivity contribution in [2.75, 3.05) is 13.2 Å². The smallest absolute Gasteiger partial charge is 0.306 e. The van der Waals surface area contributed by atoms with E-state index in [2.05, 4.69) is 86.8 Å². The number of hydrogen-bond donors (Lipinski definition) is 6. The first-order valence-corrected chi connectivity index (χ1v) is 33.2. The van der Waals surface area contributed by atoms with Gasteiger partial charge in [0.05, 0.1) is 25.4 Å². The van der Waals surface area contributed by atoms with E-state index in [9.17, 15) is 35.1 Å². The van der Waals surface area contributed by atoms with Crippen molar-refractivity contribution < 1.29 is 49.3 Å². The standard InChI is InChI=1S/C69H123NO10/c1-4-7-10-13-16-19-22-25-27-29-31-32-33-35-37-39-42-45-48-51-54-57-64(74)80-67-66(76)65(75)63(58-71)79-69(67)78-59-60(61(72)55-52-49-46-43-40-24-21-18-15-12-9-6-3)70-68(77)62(73)56-53-50-47-44-41-38-36-34-30-28-26-23-20-17-14-11-8-5-2/h17,20,25-28,34,36,41,44,52,55,60-63,65-67,69,71-73,75-76H,4-16,18-19,21-24,29-33,35,37-40,42-43,45-51,53-54,56-59H2,1-3H3,(H,70,77)/b20-17-,27-25+,28-26-,36-34-,44-41-,55-52+. The second-order valence-corrected chi connectivity index (χ2v) is 22.8. The van der Waals surface area contributed by atoms with Crippen LogP contribution < -0.4 is 5.32 Å². The van der Waals surface area contributed by atoms with E-state index >= 15 is 0 Å². The van der Waals surface area contributed by atoms with Crippen molar-refractivity contribution in [2.45, 2.75) is 339 Å². The molecule has 1 heterocycles. The molecule has 11 heteroatoms. The number of allylic oxidation sites excluding steroid dienone is 11. The molecular weight excluding hydrogens is 1000 g/mol. The van der Waals surface area contributed by atoms with Crippen molar-refractivity contribution in [2.24, 2.45) is 0 Å². The second kappa shape index (κ2) is 56.6. The van der Waals surface area contributed by atoms with Gasteiger partial charge in [0.2, 0.25) is 5.91 Å². The Bertz CT molecular complexity index is 1580. The number of hydrogen-bond acceptors (Lipinski definition) is 10. The van der Waals surface area contributed by atoms with Crippen LogP contribution in [0.3, 0.4) is 0 Å². The molecule has 1 rings (SSSR count). The normalized spacial score (nSPS) is 19.2. The monoisotopic (exact) mass is 1130 g/mol. The van der Waals surface area contributed by atoms with Crippen LogP contribution in [0, 0.1) is 0 Å². The summed E-state index contributed by atoms with van der Waals surface area (Å²) in [5, 5.41) is 57.1. The summed E-state index contributed by atoms with van der Waals surface area (Å²) in [7, 11) is 0. The molecule has 0 saturated carbocycles. The molecule has 8 unspecified atom stereocenters. The zero-order chi connectivity index (χ0) is 58.2. The van der Waals surface area contributed by atoms with Crippen LogP contribution in [0.4, 0.5) is 0 Å². The topological polar surface area (TPSA) is 175 Å². The summed E-state index contributed by atoms with van der Waals surface area (Å²) in [5.41, 5.74) is 0. The third kappa shape index (κ3) is 43.7. The lowest BCUT2D eigenvalue weighted by molar-refractivity contribution is -0.305. The van der Waals surface area contributed by atoms with E-state index in [1.54, 1.807) is 6.08 Å². The Labute approximate surface area is 490 Å². The number of carbonyl (C=O) groups is 2. The van der Waals surface area contributed by atoms with Gasteiger partial charge in [0.15, 0.2) is 12.4 Å². The molecule has 0 bridgehead atoms. The molecule has 464 valence electrons. The SMILES string of the molecule is CCCCC/C=C\C/C=C\C/C=C\C/C=C\CCCCC(O)C(=O)NC(COC1OC(CO)C(O)C(O)C1OC(=O)CCCCCCCCCCCCC/C=C/CCCCCCCC)C(O)/C=C/CCCCCCCCCCCC. The molecule has 11 nitrogen and oxygen atoms in total. The Kier molecular flexibility index (Phi) is 53.1. The lowest BCUT2D eigenvalue weighted by atomic mass is 9.99. The Hall–Kier alpha value is -2.90. The van der Waals surface area contributed by atoms with Crippen LogP contribution in [-0.2, 0) is 23.8 Å². The molecule has 0 aromatic heterocycles. The Morgan fingerprint density at radius 3 is 1.32 bits per heavy atom. The summed E-state index contributed by atoms with van der Waals surface area (Å²) >= 11 is 0. The highest BCUT2D eigenvalue weighted by molar-refractivity contribution is 5.80. The molecule has 1 aliphatic heterocycles. The van der Waals surface area contributed by atoms with Crippen molar-refractivity contribution >= 4 is 11.9 Å². The summed E-state index contributed by atoms with van der Waals surface area (Å²) in [6.45, 7) is 5.75. The number of nitrogens with one attached hydrogen (secondary N) is 1. The average Bonchev–Trinajstić information content (AvgIpc) is 3.45. The van der Waals surface area contributed by atoms with Crippen LogP contribution in [0.15, 0.2) is 72.9 Å². The molecular formula is C69H123NO10. The second-order valence-electron chi connectivity index (χ2n) is 22.8. The van der Waals surface area contributed by atoms with Gasteiger partial charge in [-0.25, -0.2) is 0 Å². The van der Waals surface area contributed by atoms with E-state index < -0.39 is 67.4 Å². The lowest BCUT2D eigenvalue weighted by Gasteiger charge is -2.41. The number of aliphatic hydroxyl groups excluding tert-OH is 5. The maximum Gasteiger partial charge on any atom is 0.306 e. The van der Waals surface area contributed by atoms with E-state index in [1.165, 1.54) is 167 Å². The number of esters is 1. The first-order chi connectivity index (χ1) is 39.2. The highest BCUT2D eigenvalue weighted by Crippen LogP contribution is 2.26. The first kappa shape index (κ1) is 75.1. The number of unbranched alkanes of at least 4 members (excludes halogenated alkanes) is 32. The van der Waals surface area contributed by atoms with Crippen molar-refractivity contribution in [3.05, 3.63) is 72.9 Å². The number of amides is 1. The Balaban J connectivity index is 2.66. The zero-order valence-corrected chi connectivity index (χ0v) is 51.4. The predicted octanol–water partition coefficient (Wildman–Crippen LogP) is 16.3. The van der Waals surface area contributed by atoms with Gasteiger partial charge in [-0.15, -0.1) is 0 Å². The summed E-state index contributed by atoms with van der Waals surface area (Å²) < 4.78 is 17.6. The van der Waals surface area contributed by atoms with E-state index in [-0.39, 0.29) is 19.4 Å². The first-order valence-electron chi connectivity index (χ1n) is 33.2. The van der Waals surface area contributed by atoms with E-state index in [1.807, 2.05) is 6.08 Å². The molecule has 1 fully saturated rings. The summed E-state index contributed by atoms with van der Waals surface area (Å²) in [6.07, 6.45) is 62.2. The van der Waals surface area contributed by atoms with Crippen LogP contribution in [0.5, 0.6) is 0 Å². The van der Waals surface area contributed by atoms with Gasteiger partial charge < -0.3 is 45.1 Å². The third-order valence-corrected chi connectivity index (χ3v) is 15.3. The molecule has 6 N–H and O–H groups in total. The number of ether oxygens (including phenoxy) is 3. The summed E-state index contributed by atoms with van der Waals surface area (Å²) in [4.78, 5) is 26.6. The maximum absolute atomic E-state index is 13.4. The fraction of sp³-hybridized carbons (Fsp3) is 0.797. The van der Waals surface area contributed by atoms with Crippen molar-refractivity contribution in [1.82, 2.24) is 5.32 Å². The third-order valence-electron chi connectivity index (χ3n) is 15.3. The highest BCUT2D eigenvalue weighted by atomic mass is 16.7. The zero-order valence-electron chi connectivity index (χ0n) is 51.4. The maximum atomic E-state index is 13.4. The van der Waals surface area contributed by atoms with Crippen LogP contribution in [0.1, 0.15) is 290 Å². The molecule has 80 heavy (non-hydrogen) atoms. The molecule has 0 radical (unpaired) electrons. The van der Waals surface area contributed by atoms with Crippen LogP contribution >= 0.6 is 0 Å². The lowest BCUT2D eigenvalue weighted by Crippen LogP contribution is -2.61. The summed E-state index contributed by atoms with van der Waals surface area (Å²) in [6, 6.07) is -1.04. The molecule has 1 aliphatic rings. The quantitative estimate of drug-likeness (QED) is 0.0195. The van der Waals surface area contributed by atoms with Gasteiger partial charge in [-0.3, -0.25) is 9.59 Å². The molecule has 0 spiro atoms. The van der Waals surface area contributed by atoms with Crippen LogP contribution in [0.25, 0.3) is 0 Å². The van der Waals surface area contributed by atoms with Crippen LogP contribution in [-0.4, -0.2) is 99.6 Å². The van der Waals surface area contributed by atoms with E-state index in [0.717, 1.165) is 77.0 Å². The van der Waals surface area contributed by atoms with Crippen molar-refractivity contribution in [3.8, 4) is 0 Å². The van der Waals surface area contributed by atoms with Crippen molar-refractivity contribution in [3.63, 3.8) is 0 Å². The Morgan fingerprint density at radius 2 is 0.863 bits per heavy atom. The molecule has 0 aromatic rings. The van der Waals surface area contributed by atoms with Crippen LogP contribution in [0.2, 0.25) is 0 Å². The fourth-order valence-corrected chi connectivity index (χ4v) is 10.0. The van der Waals surface area contributed by atoms with Gasteiger partial charge >= 0.3 is 5.97 Å². The largest absolute Gasteiger partial charge is 0.454 e. The molecule has 8 atom stereocenters. The summed E-state index contributed by atoms with van der Waals surface area (Å²) in [5.74, 6) is -1.22. The average molecular weight is 1130 g/mol. The highest BCUT2D eigenvalue weighted by Gasteiger charge is 2.47. The van der Waals surface area contributed by atoms with Gasteiger partial charge in [-0.2, -0.15) is 0 Å². The number of aliphatic hydroxyl groups is 5. The van der Waals surface area contributed by atoms with Gasteiger partial charge in [0.25, 0.3) is 0 Å². The molecule has 0 aliphatic carbocycles.